The van der Waals surface area contributed by atoms with E-state index >= 15 is 0 Å². The van der Waals surface area contributed by atoms with Crippen molar-refractivity contribution in [2.24, 2.45) is 0 Å². The van der Waals surface area contributed by atoms with Gasteiger partial charge in [0.15, 0.2) is 11.5 Å². The van der Waals surface area contributed by atoms with Crippen molar-refractivity contribution in [2.45, 2.75) is 25.7 Å². The predicted molar refractivity (Wildman–Crippen MR) is 120 cm³/mol. The molecule has 4 rings (SSSR count). The minimum Gasteiger partial charge on any atom is -0.261 e. The average molecular weight is 419 g/mol. The highest BCUT2D eigenvalue weighted by Gasteiger charge is 2.21. The van der Waals surface area contributed by atoms with Crippen molar-refractivity contribution in [3.63, 3.8) is 0 Å². The van der Waals surface area contributed by atoms with Crippen LogP contribution in [0.4, 0.5) is 5.82 Å². The van der Waals surface area contributed by atoms with E-state index in [0.717, 1.165) is 28.0 Å². The molecule has 0 amide bonds. The lowest BCUT2D eigenvalue weighted by molar-refractivity contribution is 0.601. The summed E-state index contributed by atoms with van der Waals surface area (Å²) in [5.74, 6) is 0.226. The molecule has 6 nitrogen and oxygen atoms in total. The molecule has 4 aromatic rings. The second-order valence-electron chi connectivity index (χ2n) is 7.40. The lowest BCUT2D eigenvalue weighted by Gasteiger charge is -2.06. The third-order valence-corrected chi connectivity index (χ3v) is 6.11. The van der Waals surface area contributed by atoms with Gasteiger partial charge in [-0.25, -0.2) is 18.1 Å². The third-order valence-electron chi connectivity index (χ3n) is 4.75. The van der Waals surface area contributed by atoms with E-state index in [4.69, 9.17) is 0 Å². The van der Waals surface area contributed by atoms with E-state index < -0.39 is 10.0 Å². The molecular formula is C23H22N4O2S. The Bertz CT molecular complexity index is 1350. The molecule has 1 N–H and O–H groups in total. The molecule has 2 heterocycles. The van der Waals surface area contributed by atoms with Crippen molar-refractivity contribution >= 4 is 32.4 Å². The van der Waals surface area contributed by atoms with E-state index in [0.29, 0.717) is 11.0 Å². The van der Waals surface area contributed by atoms with Gasteiger partial charge >= 0.3 is 0 Å². The predicted octanol–water partition coefficient (Wildman–Crippen LogP) is 4.87. The number of nitrogens with zero attached hydrogens (tertiary/aromatic N) is 3. The Morgan fingerprint density at radius 2 is 1.70 bits per heavy atom. The van der Waals surface area contributed by atoms with Crippen LogP contribution in [0, 0.1) is 13.8 Å². The van der Waals surface area contributed by atoms with E-state index in [2.05, 4.69) is 27.5 Å². The standard InChI is InChI=1S/C23H22N4O2S/c1-15(2)18-13-21-22(26-30(28,29)20-8-6-5-7-9-20)25-27(23(21)24-14-18)19-11-16(3)10-17(4)12-19/h5-14H,1H2,2-4H3,(H,25,26). The number of aryl methyl sites for hydroxylation is 2. The van der Waals surface area contributed by atoms with Gasteiger partial charge in [-0.1, -0.05) is 30.8 Å². The molecule has 0 bridgehead atoms. The highest BCUT2D eigenvalue weighted by Crippen LogP contribution is 2.29. The van der Waals surface area contributed by atoms with Crippen LogP contribution in [0.15, 0.2) is 72.3 Å². The van der Waals surface area contributed by atoms with Crippen LogP contribution in [-0.4, -0.2) is 23.2 Å². The van der Waals surface area contributed by atoms with Gasteiger partial charge in [0.25, 0.3) is 10.0 Å². The fourth-order valence-corrected chi connectivity index (χ4v) is 4.39. The molecule has 0 spiro atoms. The summed E-state index contributed by atoms with van der Waals surface area (Å²) in [5.41, 5.74) is 5.20. The minimum absolute atomic E-state index is 0.170. The zero-order valence-electron chi connectivity index (χ0n) is 17.0. The van der Waals surface area contributed by atoms with E-state index in [9.17, 15) is 8.42 Å². The first-order valence-electron chi connectivity index (χ1n) is 9.46. The summed E-state index contributed by atoms with van der Waals surface area (Å²) in [4.78, 5) is 4.74. The fraction of sp³-hybridized carbons (Fsp3) is 0.130. The monoisotopic (exact) mass is 418 g/mol. The summed E-state index contributed by atoms with van der Waals surface area (Å²) in [5, 5.41) is 5.19. The molecule has 0 aliphatic heterocycles. The van der Waals surface area contributed by atoms with E-state index in [1.807, 2.05) is 39.0 Å². The molecule has 7 heteroatoms. The summed E-state index contributed by atoms with van der Waals surface area (Å²) in [7, 11) is -3.80. The third kappa shape index (κ3) is 3.71. The zero-order valence-corrected chi connectivity index (χ0v) is 17.9. The maximum absolute atomic E-state index is 12.9. The topological polar surface area (TPSA) is 76.9 Å². The zero-order chi connectivity index (χ0) is 21.5. The molecule has 0 saturated heterocycles. The van der Waals surface area contributed by atoms with Gasteiger partial charge in [0.05, 0.1) is 16.0 Å². The Morgan fingerprint density at radius 3 is 2.33 bits per heavy atom. The largest absolute Gasteiger partial charge is 0.263 e. The molecule has 30 heavy (non-hydrogen) atoms. The van der Waals surface area contributed by atoms with Crippen LogP contribution in [0.2, 0.25) is 0 Å². The second-order valence-corrected chi connectivity index (χ2v) is 9.08. The number of rotatable bonds is 5. The molecule has 2 aromatic heterocycles. The van der Waals surface area contributed by atoms with Crippen LogP contribution in [0.5, 0.6) is 0 Å². The molecule has 0 saturated carbocycles. The molecular weight excluding hydrogens is 396 g/mol. The second kappa shape index (κ2) is 7.42. The smallest absolute Gasteiger partial charge is 0.261 e. The molecule has 0 radical (unpaired) electrons. The van der Waals surface area contributed by atoms with E-state index in [-0.39, 0.29) is 10.7 Å². The number of nitrogens with one attached hydrogen (secondary N) is 1. The summed E-state index contributed by atoms with van der Waals surface area (Å²) < 4.78 is 30.1. The Morgan fingerprint density at radius 1 is 1.03 bits per heavy atom. The maximum Gasteiger partial charge on any atom is 0.263 e. The number of anilines is 1. The SMILES string of the molecule is C=C(C)c1cnc2c(c1)c(NS(=O)(=O)c1ccccc1)nn2-c1cc(C)cc(C)c1. The number of sulfonamides is 1. The Kier molecular flexibility index (Phi) is 4.91. The summed E-state index contributed by atoms with van der Waals surface area (Å²) in [6.07, 6.45) is 1.72. The van der Waals surface area contributed by atoms with Gasteiger partial charge in [-0.05, 0) is 73.4 Å². The molecule has 0 unspecified atom stereocenters. The van der Waals surface area contributed by atoms with E-state index in [1.54, 1.807) is 41.2 Å². The first kappa shape index (κ1) is 19.8. The van der Waals surface area contributed by atoms with Gasteiger partial charge in [0.2, 0.25) is 0 Å². The van der Waals surface area contributed by atoms with Crippen molar-refractivity contribution in [3.8, 4) is 5.69 Å². The highest BCUT2D eigenvalue weighted by molar-refractivity contribution is 7.92. The van der Waals surface area contributed by atoms with Crippen LogP contribution in [0.1, 0.15) is 23.6 Å². The normalized spacial score (nSPS) is 11.6. The molecule has 0 atom stereocenters. The minimum atomic E-state index is -3.80. The van der Waals surface area contributed by atoms with Crippen molar-refractivity contribution in [3.05, 3.63) is 84.1 Å². The Hall–Kier alpha value is -3.45. The van der Waals surface area contributed by atoms with Gasteiger partial charge in [-0.15, -0.1) is 5.10 Å². The van der Waals surface area contributed by atoms with Crippen LogP contribution in [0.3, 0.4) is 0 Å². The number of hydrogen-bond donors (Lipinski definition) is 1. The molecule has 0 aliphatic carbocycles. The van der Waals surface area contributed by atoms with Crippen LogP contribution >= 0.6 is 0 Å². The van der Waals surface area contributed by atoms with Gasteiger partial charge in [0, 0.05) is 6.20 Å². The quantitative estimate of drug-likeness (QED) is 0.502. The first-order valence-corrected chi connectivity index (χ1v) is 10.9. The average Bonchev–Trinajstić information content (AvgIpc) is 3.05. The number of pyridine rings is 1. The van der Waals surface area contributed by atoms with Crippen LogP contribution in [0.25, 0.3) is 22.3 Å². The summed E-state index contributed by atoms with van der Waals surface area (Å²) in [6.45, 7) is 9.86. The fourth-order valence-electron chi connectivity index (χ4n) is 3.35. The maximum atomic E-state index is 12.9. The van der Waals surface area contributed by atoms with Crippen molar-refractivity contribution in [1.29, 1.82) is 0 Å². The first-order chi connectivity index (χ1) is 14.2. The van der Waals surface area contributed by atoms with E-state index in [1.165, 1.54) is 0 Å². The lowest BCUT2D eigenvalue weighted by Crippen LogP contribution is -2.13. The highest BCUT2D eigenvalue weighted by atomic mass is 32.2. The Labute approximate surface area is 175 Å². The molecule has 2 aromatic carbocycles. The van der Waals surface area contributed by atoms with Gasteiger partial charge in [-0.3, -0.25) is 4.72 Å². The number of aromatic nitrogens is 3. The summed E-state index contributed by atoms with van der Waals surface area (Å²) in [6, 6.07) is 16.1. The van der Waals surface area contributed by atoms with Crippen LogP contribution < -0.4 is 4.72 Å². The van der Waals surface area contributed by atoms with Crippen molar-refractivity contribution < 1.29 is 8.42 Å². The van der Waals surface area contributed by atoms with Gasteiger partial charge < -0.3 is 0 Å². The van der Waals surface area contributed by atoms with Crippen molar-refractivity contribution in [2.75, 3.05) is 4.72 Å². The summed E-state index contributed by atoms with van der Waals surface area (Å²) >= 11 is 0. The molecule has 0 fully saturated rings. The van der Waals surface area contributed by atoms with Gasteiger partial charge in [-0.2, -0.15) is 0 Å². The number of benzene rings is 2. The molecule has 152 valence electrons. The molecule has 0 aliphatic rings. The Balaban J connectivity index is 1.92. The number of fused-ring (bicyclic) bond motifs is 1. The number of allylic oxidation sites excluding steroid dienone is 1. The van der Waals surface area contributed by atoms with Crippen LogP contribution in [-0.2, 0) is 10.0 Å². The number of hydrogen-bond acceptors (Lipinski definition) is 4. The van der Waals surface area contributed by atoms with Crippen molar-refractivity contribution in [1.82, 2.24) is 14.8 Å². The van der Waals surface area contributed by atoms with Gasteiger partial charge in [0.1, 0.15) is 0 Å². The lowest BCUT2D eigenvalue weighted by atomic mass is 10.1.